The summed E-state index contributed by atoms with van der Waals surface area (Å²) in [5.74, 6) is 0.743. The average Bonchev–Trinajstić information content (AvgIpc) is 2.36. The van der Waals surface area contributed by atoms with Crippen molar-refractivity contribution in [2.45, 2.75) is 26.8 Å². The molecule has 1 aromatic heterocycles. The van der Waals surface area contributed by atoms with Crippen molar-refractivity contribution in [2.75, 3.05) is 13.6 Å². The Morgan fingerprint density at radius 3 is 2.89 bits per heavy atom. The molecule has 100 valence electrons. The first-order chi connectivity index (χ1) is 8.54. The maximum Gasteiger partial charge on any atom is 0.189 e. The highest BCUT2D eigenvalue weighted by molar-refractivity contribution is 5.96. The first-order valence-corrected chi connectivity index (χ1v) is 6.15. The van der Waals surface area contributed by atoms with E-state index in [2.05, 4.69) is 35.9 Å². The summed E-state index contributed by atoms with van der Waals surface area (Å²) in [4.78, 5) is 6.37. The minimum atomic E-state index is 0.0582. The summed E-state index contributed by atoms with van der Waals surface area (Å²) in [6, 6.07) is 3.81. The standard InChI is InChI=1S/C13H22N4O/c1-10(2)6-8-17(3)9-11-5-4-7-15-12(11)13(14)16-18/h4-5,7,10,18H,6,8-9H2,1-3H3,(H2,14,16). The van der Waals surface area contributed by atoms with Crippen molar-refractivity contribution >= 4 is 5.84 Å². The summed E-state index contributed by atoms with van der Waals surface area (Å²) in [6.45, 7) is 6.17. The number of pyridine rings is 1. The SMILES string of the molecule is CC(C)CCN(C)Cc1cccnc1C(N)=NO. The van der Waals surface area contributed by atoms with Gasteiger partial charge in [-0.15, -0.1) is 0 Å². The van der Waals surface area contributed by atoms with E-state index in [1.54, 1.807) is 6.20 Å². The molecule has 0 fully saturated rings. The fraction of sp³-hybridized carbons (Fsp3) is 0.538. The van der Waals surface area contributed by atoms with E-state index in [0.717, 1.165) is 25.1 Å². The number of nitrogens with zero attached hydrogens (tertiary/aromatic N) is 3. The van der Waals surface area contributed by atoms with E-state index in [1.165, 1.54) is 0 Å². The maximum atomic E-state index is 8.73. The van der Waals surface area contributed by atoms with Gasteiger partial charge >= 0.3 is 0 Å². The van der Waals surface area contributed by atoms with Gasteiger partial charge in [0.1, 0.15) is 5.69 Å². The van der Waals surface area contributed by atoms with E-state index in [0.29, 0.717) is 11.6 Å². The van der Waals surface area contributed by atoms with E-state index in [9.17, 15) is 0 Å². The van der Waals surface area contributed by atoms with Crippen molar-refractivity contribution in [1.82, 2.24) is 9.88 Å². The number of oxime groups is 1. The quantitative estimate of drug-likeness (QED) is 0.348. The molecule has 0 amide bonds. The number of hydrogen-bond acceptors (Lipinski definition) is 4. The predicted octanol–water partition coefficient (Wildman–Crippen LogP) is 1.65. The molecule has 0 aliphatic heterocycles. The minimum absolute atomic E-state index is 0.0582. The smallest absolute Gasteiger partial charge is 0.189 e. The highest BCUT2D eigenvalue weighted by atomic mass is 16.4. The van der Waals surface area contributed by atoms with Crippen LogP contribution in [-0.2, 0) is 6.54 Å². The van der Waals surface area contributed by atoms with Gasteiger partial charge < -0.3 is 15.8 Å². The Bertz CT molecular complexity index is 404. The normalized spacial score (nSPS) is 12.4. The van der Waals surface area contributed by atoms with Crippen molar-refractivity contribution < 1.29 is 5.21 Å². The van der Waals surface area contributed by atoms with Gasteiger partial charge in [-0.25, -0.2) is 0 Å². The molecule has 1 aromatic rings. The van der Waals surface area contributed by atoms with Crippen LogP contribution in [-0.4, -0.2) is 34.5 Å². The maximum absolute atomic E-state index is 8.73. The largest absolute Gasteiger partial charge is 0.409 e. The number of hydrogen-bond donors (Lipinski definition) is 2. The summed E-state index contributed by atoms with van der Waals surface area (Å²) in [5, 5.41) is 11.7. The van der Waals surface area contributed by atoms with Crippen molar-refractivity contribution in [1.29, 1.82) is 0 Å². The third-order valence-electron chi connectivity index (χ3n) is 2.77. The first-order valence-electron chi connectivity index (χ1n) is 6.15. The number of aromatic nitrogens is 1. The summed E-state index contributed by atoms with van der Waals surface area (Å²) in [5.41, 5.74) is 7.14. The van der Waals surface area contributed by atoms with Crippen LogP contribution in [0.5, 0.6) is 0 Å². The first kappa shape index (κ1) is 14.4. The van der Waals surface area contributed by atoms with Gasteiger partial charge in [-0.2, -0.15) is 0 Å². The molecule has 0 saturated heterocycles. The third-order valence-corrected chi connectivity index (χ3v) is 2.77. The molecule has 0 unspecified atom stereocenters. The van der Waals surface area contributed by atoms with E-state index < -0.39 is 0 Å². The zero-order valence-corrected chi connectivity index (χ0v) is 11.3. The molecule has 18 heavy (non-hydrogen) atoms. The van der Waals surface area contributed by atoms with Crippen LogP contribution in [0.3, 0.4) is 0 Å². The summed E-state index contributed by atoms with van der Waals surface area (Å²) < 4.78 is 0. The van der Waals surface area contributed by atoms with Gasteiger partial charge in [0.05, 0.1) is 0 Å². The molecule has 0 radical (unpaired) electrons. The Hall–Kier alpha value is -1.62. The monoisotopic (exact) mass is 250 g/mol. The van der Waals surface area contributed by atoms with Crippen LogP contribution in [0.15, 0.2) is 23.5 Å². The van der Waals surface area contributed by atoms with Gasteiger partial charge in [0, 0.05) is 12.7 Å². The third kappa shape index (κ3) is 4.33. The lowest BCUT2D eigenvalue weighted by atomic mass is 10.1. The molecule has 0 aliphatic rings. The Labute approximate surface area is 108 Å². The lowest BCUT2D eigenvalue weighted by molar-refractivity contribution is 0.302. The molecular weight excluding hydrogens is 228 g/mol. The molecule has 0 bridgehead atoms. The molecule has 5 nitrogen and oxygen atoms in total. The molecule has 5 heteroatoms. The second kappa shape index (κ2) is 6.96. The Balaban J connectivity index is 2.72. The Morgan fingerprint density at radius 1 is 1.56 bits per heavy atom. The van der Waals surface area contributed by atoms with Gasteiger partial charge in [-0.3, -0.25) is 4.98 Å². The Kier molecular flexibility index (Phi) is 5.58. The van der Waals surface area contributed by atoms with Gasteiger partial charge in [0.2, 0.25) is 0 Å². The van der Waals surface area contributed by atoms with Crippen LogP contribution in [0.2, 0.25) is 0 Å². The van der Waals surface area contributed by atoms with Gasteiger partial charge in [0.25, 0.3) is 0 Å². The van der Waals surface area contributed by atoms with Crippen molar-refractivity contribution in [2.24, 2.45) is 16.8 Å². The lowest BCUT2D eigenvalue weighted by Crippen LogP contribution is -2.24. The van der Waals surface area contributed by atoms with Crippen LogP contribution >= 0.6 is 0 Å². The fourth-order valence-corrected chi connectivity index (χ4v) is 1.69. The van der Waals surface area contributed by atoms with Gasteiger partial charge in [0.15, 0.2) is 5.84 Å². The number of rotatable bonds is 6. The van der Waals surface area contributed by atoms with E-state index >= 15 is 0 Å². The van der Waals surface area contributed by atoms with Crippen LogP contribution in [0, 0.1) is 5.92 Å². The number of amidine groups is 1. The van der Waals surface area contributed by atoms with Crippen LogP contribution < -0.4 is 5.73 Å². The van der Waals surface area contributed by atoms with Crippen molar-refractivity contribution in [3.8, 4) is 0 Å². The second-order valence-electron chi connectivity index (χ2n) is 4.92. The highest BCUT2D eigenvalue weighted by Gasteiger charge is 2.10. The highest BCUT2D eigenvalue weighted by Crippen LogP contribution is 2.09. The molecular formula is C13H22N4O. The zero-order chi connectivity index (χ0) is 13.5. The van der Waals surface area contributed by atoms with E-state index in [4.69, 9.17) is 10.9 Å². The van der Waals surface area contributed by atoms with Crippen LogP contribution in [0.25, 0.3) is 0 Å². The van der Waals surface area contributed by atoms with Crippen LogP contribution in [0.4, 0.5) is 0 Å². The molecule has 0 atom stereocenters. The van der Waals surface area contributed by atoms with Crippen molar-refractivity contribution in [3.05, 3.63) is 29.6 Å². The molecule has 0 aliphatic carbocycles. The van der Waals surface area contributed by atoms with Gasteiger partial charge in [-0.05, 0) is 37.6 Å². The topological polar surface area (TPSA) is 74.7 Å². The second-order valence-corrected chi connectivity index (χ2v) is 4.92. The van der Waals surface area contributed by atoms with E-state index in [1.807, 2.05) is 12.1 Å². The molecule has 1 heterocycles. The summed E-state index contributed by atoms with van der Waals surface area (Å²) in [6.07, 6.45) is 2.79. The van der Waals surface area contributed by atoms with Gasteiger partial charge in [-0.1, -0.05) is 25.1 Å². The Morgan fingerprint density at radius 2 is 2.28 bits per heavy atom. The average molecular weight is 250 g/mol. The molecule has 3 N–H and O–H groups in total. The lowest BCUT2D eigenvalue weighted by Gasteiger charge is -2.19. The summed E-state index contributed by atoms with van der Waals surface area (Å²) >= 11 is 0. The molecule has 0 spiro atoms. The molecule has 1 rings (SSSR count). The fourth-order valence-electron chi connectivity index (χ4n) is 1.69. The minimum Gasteiger partial charge on any atom is -0.409 e. The van der Waals surface area contributed by atoms with Crippen LogP contribution in [0.1, 0.15) is 31.5 Å². The molecule has 0 saturated carbocycles. The predicted molar refractivity (Wildman–Crippen MR) is 72.5 cm³/mol. The molecule has 0 aromatic carbocycles. The van der Waals surface area contributed by atoms with Crippen molar-refractivity contribution in [3.63, 3.8) is 0 Å². The van der Waals surface area contributed by atoms with E-state index in [-0.39, 0.29) is 5.84 Å². The zero-order valence-electron chi connectivity index (χ0n) is 11.3. The number of nitrogens with two attached hydrogens (primary N) is 1. The summed E-state index contributed by atoms with van der Waals surface area (Å²) in [7, 11) is 2.06.